The number of halogens is 1. The van der Waals surface area contributed by atoms with E-state index >= 15 is 4.39 Å². The second-order valence-electron chi connectivity index (χ2n) is 12.5. The molecule has 54 heavy (non-hydrogen) atoms. The number of hydrogen-bond acceptors (Lipinski definition) is 16. The molecule has 0 aliphatic carbocycles. The fraction of sp³-hybridized carbons (Fsp3) is 0.571. The van der Waals surface area contributed by atoms with Gasteiger partial charge < -0.3 is 43.9 Å². The number of carbonyl (C=O) groups is 1. The van der Waals surface area contributed by atoms with Gasteiger partial charge in [0, 0.05) is 25.7 Å². The highest BCUT2D eigenvalue weighted by Crippen LogP contribution is 2.52. The van der Waals surface area contributed by atoms with Crippen LogP contribution in [0.25, 0.3) is 22.2 Å². The first-order valence-corrected chi connectivity index (χ1v) is 22.8. The van der Waals surface area contributed by atoms with E-state index in [0.29, 0.717) is 5.65 Å². The number of fused-ring (bicyclic) bond motifs is 1. The summed E-state index contributed by atoms with van der Waals surface area (Å²) in [7, 11) is 0. The molecule has 1 amide bonds. The number of hydrogen-bond donors (Lipinski definition) is 6. The minimum absolute atomic E-state index is 0.00599. The third kappa shape index (κ3) is 8.47. The molecular weight excluding hydrogens is 817 g/mol. The SMILES string of the molecule is O=C(CO)NCCn1cnc2c(ncn2C2O[C@H](COP(=O)(O)S)[C@@H](O)[C@H]2OP(O)(=S)OC[C@@H]2C[C@@H](F)[C@H](n3cc4c5c(ncnc53)SCCC4)O2)c1=O. The number of thiol groups is 1. The first-order chi connectivity index (χ1) is 25.7. The number of imidazole rings is 1. The lowest BCUT2D eigenvalue weighted by Crippen LogP contribution is -2.35. The van der Waals surface area contributed by atoms with Gasteiger partial charge in [-0.05, 0) is 36.0 Å². The van der Waals surface area contributed by atoms with E-state index in [0.717, 1.165) is 34.6 Å². The number of aliphatic hydroxyl groups is 2. The number of thioether (sulfide) groups is 1. The zero-order chi connectivity index (χ0) is 38.4. The Kier molecular flexibility index (Phi) is 12.0. The van der Waals surface area contributed by atoms with Gasteiger partial charge in [0.25, 0.3) is 5.56 Å². The van der Waals surface area contributed by atoms with Gasteiger partial charge in [-0.1, -0.05) is 12.2 Å². The second kappa shape index (κ2) is 16.2. The number of alkyl halides is 1. The molecule has 0 saturated carbocycles. The molecule has 294 valence electrons. The van der Waals surface area contributed by atoms with Crippen molar-refractivity contribution in [3.8, 4) is 0 Å². The molecule has 26 heteroatoms. The Morgan fingerprint density at radius 3 is 2.72 bits per heavy atom. The molecule has 4 aromatic rings. The van der Waals surface area contributed by atoms with Crippen molar-refractivity contribution in [2.45, 2.75) is 73.9 Å². The summed E-state index contributed by atoms with van der Waals surface area (Å²) in [5.74, 6) is 0.283. The van der Waals surface area contributed by atoms with Gasteiger partial charge in [0.15, 0.2) is 23.6 Å². The molecule has 2 fully saturated rings. The maximum atomic E-state index is 15.5. The van der Waals surface area contributed by atoms with E-state index in [1.54, 1.807) is 16.3 Å². The van der Waals surface area contributed by atoms with Crippen molar-refractivity contribution in [1.82, 2.24) is 39.0 Å². The van der Waals surface area contributed by atoms with Gasteiger partial charge in [-0.2, -0.15) is 0 Å². The van der Waals surface area contributed by atoms with Crippen LogP contribution in [0.3, 0.4) is 0 Å². The number of ether oxygens (including phenoxy) is 2. The van der Waals surface area contributed by atoms with Crippen LogP contribution in [0.2, 0.25) is 0 Å². The number of aromatic nitrogens is 7. The van der Waals surface area contributed by atoms with E-state index in [9.17, 15) is 29.0 Å². The smallest absolute Gasteiger partial charge is 0.383 e. The summed E-state index contributed by atoms with van der Waals surface area (Å²) in [6.07, 6.45) is -2.03. The number of rotatable bonds is 14. The van der Waals surface area contributed by atoms with Crippen molar-refractivity contribution >= 4 is 77.4 Å². The molecule has 0 spiro atoms. The van der Waals surface area contributed by atoms with Gasteiger partial charge in [0.2, 0.25) is 5.91 Å². The number of nitrogens with zero attached hydrogens (tertiary/aromatic N) is 7. The average Bonchev–Trinajstić information content (AvgIpc) is 3.86. The maximum absolute atomic E-state index is 15.5. The van der Waals surface area contributed by atoms with Crippen LogP contribution in [-0.2, 0) is 57.2 Å². The Morgan fingerprint density at radius 2 is 1.94 bits per heavy atom. The molecule has 3 unspecified atom stereocenters. The van der Waals surface area contributed by atoms with Gasteiger partial charge >= 0.3 is 13.5 Å². The van der Waals surface area contributed by atoms with Crippen LogP contribution in [0.4, 0.5) is 4.39 Å². The third-order valence-electron chi connectivity index (χ3n) is 8.93. The lowest BCUT2D eigenvalue weighted by Gasteiger charge is -2.26. The Morgan fingerprint density at radius 1 is 1.13 bits per heavy atom. The molecular formula is C28H35FN8O12P2S3. The molecule has 4 aromatic heterocycles. The van der Waals surface area contributed by atoms with Gasteiger partial charge in [-0.3, -0.25) is 27.8 Å². The van der Waals surface area contributed by atoms with Gasteiger partial charge in [-0.15, -0.1) is 11.8 Å². The molecule has 2 saturated heterocycles. The van der Waals surface area contributed by atoms with Crippen molar-refractivity contribution in [2.24, 2.45) is 0 Å². The molecule has 3 aliphatic heterocycles. The third-order valence-corrected chi connectivity index (χ3v) is 12.4. The summed E-state index contributed by atoms with van der Waals surface area (Å²) in [5.41, 5.74) is 0.797. The number of aryl methyl sites for hydroxylation is 1. The van der Waals surface area contributed by atoms with E-state index in [1.165, 1.54) is 28.1 Å². The highest BCUT2D eigenvalue weighted by molar-refractivity contribution is 8.44. The summed E-state index contributed by atoms with van der Waals surface area (Å²) < 4.78 is 59.6. The molecule has 0 radical (unpaired) electrons. The number of carbonyl (C=O) groups excluding carboxylic acids is 1. The van der Waals surface area contributed by atoms with Crippen LogP contribution in [0.15, 0.2) is 35.0 Å². The molecule has 0 aromatic carbocycles. The number of nitrogens with one attached hydrogen (secondary N) is 1. The van der Waals surface area contributed by atoms with Crippen LogP contribution in [-0.4, -0.2) is 122 Å². The van der Waals surface area contributed by atoms with Crippen LogP contribution in [0, 0.1) is 0 Å². The van der Waals surface area contributed by atoms with Gasteiger partial charge in [0.1, 0.15) is 54.4 Å². The largest absolute Gasteiger partial charge is 0.387 e. The summed E-state index contributed by atoms with van der Waals surface area (Å²) in [4.78, 5) is 62.5. The molecule has 5 N–H and O–H groups in total. The molecule has 7 heterocycles. The first kappa shape index (κ1) is 39.8. The van der Waals surface area contributed by atoms with Gasteiger partial charge in [-0.25, -0.2) is 28.9 Å². The van der Waals surface area contributed by atoms with Crippen LogP contribution in [0.1, 0.15) is 30.9 Å². The molecule has 9 atom stereocenters. The number of aliphatic hydroxyl groups excluding tert-OH is 2. The van der Waals surface area contributed by atoms with Crippen molar-refractivity contribution in [2.75, 3.05) is 32.1 Å². The van der Waals surface area contributed by atoms with Crippen LogP contribution >= 0.6 is 37.5 Å². The summed E-state index contributed by atoms with van der Waals surface area (Å²) in [6, 6.07) is 0. The average molecular weight is 853 g/mol. The second-order valence-corrected chi connectivity index (χ2v) is 19.2. The van der Waals surface area contributed by atoms with E-state index in [4.69, 9.17) is 40.0 Å². The molecule has 3 aliphatic rings. The van der Waals surface area contributed by atoms with Crippen molar-refractivity contribution in [1.29, 1.82) is 0 Å². The zero-order valence-corrected chi connectivity index (χ0v) is 32.3. The number of amides is 1. The predicted molar refractivity (Wildman–Crippen MR) is 194 cm³/mol. The van der Waals surface area contributed by atoms with E-state index in [-0.39, 0.29) is 37.3 Å². The van der Waals surface area contributed by atoms with E-state index in [1.807, 2.05) is 6.20 Å². The Bertz CT molecular complexity index is 2190. The van der Waals surface area contributed by atoms with Crippen molar-refractivity contribution < 1.29 is 56.8 Å². The Labute approximate surface area is 319 Å². The normalized spacial score (nSPS) is 27.9. The molecule has 0 bridgehead atoms. The van der Waals surface area contributed by atoms with Crippen molar-refractivity contribution in [3.05, 3.63) is 41.1 Å². The van der Waals surface area contributed by atoms with E-state index < -0.39 is 81.2 Å². The zero-order valence-electron chi connectivity index (χ0n) is 27.9. The summed E-state index contributed by atoms with van der Waals surface area (Å²) in [6.45, 7) is -10.3. The highest BCUT2D eigenvalue weighted by atomic mass is 32.7. The van der Waals surface area contributed by atoms with Crippen LogP contribution < -0.4 is 10.9 Å². The summed E-state index contributed by atoms with van der Waals surface area (Å²) in [5, 5.41) is 24.3. The first-order valence-electron chi connectivity index (χ1n) is 16.5. The maximum Gasteiger partial charge on any atom is 0.383 e. The minimum atomic E-state index is -4.32. The Hall–Kier alpha value is -2.41. The standard InChI is InChI=1S/C28H35FN8O12P2S3/c29-16-6-15(47-27(16)36-7-14-2-1-5-54-25-19(14)23(36)31-11-32-25)9-46-51(44,53)49-22-21(40)17(10-45-50(42,43)52)48-28(22)37-13-33-20-24(37)34-12-35(26(20)41)4-3-30-18(39)8-38/h7,11-13,15-17,21-22,27-28,38,40H,1-6,8-10H2,(H,30,39)(H,44,53)(H2,42,43,52)/t15-,16+,17+,21+,22+,27+,28?,51?/m0/s1. The van der Waals surface area contributed by atoms with Crippen LogP contribution in [0.5, 0.6) is 0 Å². The fourth-order valence-electron chi connectivity index (χ4n) is 6.50. The Balaban J connectivity index is 1.07. The predicted octanol–water partition coefficient (Wildman–Crippen LogP) is 0.734. The quantitative estimate of drug-likeness (QED) is 0.0581. The monoisotopic (exact) mass is 852 g/mol. The lowest BCUT2D eigenvalue weighted by molar-refractivity contribution is -0.123. The molecule has 7 rings (SSSR count). The minimum Gasteiger partial charge on any atom is -0.387 e. The fourth-order valence-corrected chi connectivity index (χ4v) is 9.44. The topological polar surface area (TPSA) is 257 Å². The summed E-state index contributed by atoms with van der Waals surface area (Å²) >= 11 is 10.4. The van der Waals surface area contributed by atoms with Crippen molar-refractivity contribution in [3.63, 3.8) is 0 Å². The highest BCUT2D eigenvalue weighted by Gasteiger charge is 2.49. The molecule has 20 nitrogen and oxygen atoms in total. The van der Waals surface area contributed by atoms with E-state index in [2.05, 4.69) is 37.5 Å². The van der Waals surface area contributed by atoms with Gasteiger partial charge in [0.05, 0.1) is 31.0 Å². The lowest BCUT2D eigenvalue weighted by atomic mass is 10.1.